The van der Waals surface area contributed by atoms with Gasteiger partial charge in [0.1, 0.15) is 0 Å². The lowest BCUT2D eigenvalue weighted by molar-refractivity contribution is 0.990. The zero-order chi connectivity index (χ0) is 8.67. The third-order valence-corrected chi connectivity index (χ3v) is 4.14. The van der Waals surface area contributed by atoms with Gasteiger partial charge in [-0.15, -0.1) is 22.7 Å². The van der Waals surface area contributed by atoms with Crippen LogP contribution in [0.4, 0.5) is 5.69 Å². The van der Waals surface area contributed by atoms with Crippen LogP contribution in [-0.2, 0) is 6.42 Å². The highest BCUT2D eigenvalue weighted by Gasteiger charge is 2.16. The van der Waals surface area contributed by atoms with Gasteiger partial charge in [0.25, 0.3) is 0 Å². The van der Waals surface area contributed by atoms with Gasteiger partial charge in [-0.05, 0) is 11.4 Å². The molecule has 4 heteroatoms. The van der Waals surface area contributed by atoms with Crippen LogP contribution < -0.4 is 5.32 Å². The van der Waals surface area contributed by atoms with Gasteiger partial charge >= 0.3 is 0 Å². The molecule has 0 radical (unpaired) electrons. The van der Waals surface area contributed by atoms with Gasteiger partial charge < -0.3 is 5.32 Å². The van der Waals surface area contributed by atoms with Crippen LogP contribution in [0.1, 0.15) is 5.69 Å². The van der Waals surface area contributed by atoms with E-state index in [0.29, 0.717) is 0 Å². The Morgan fingerprint density at radius 1 is 1.31 bits per heavy atom. The van der Waals surface area contributed by atoms with Crippen LogP contribution in [0.5, 0.6) is 0 Å². The van der Waals surface area contributed by atoms with Gasteiger partial charge in [-0.1, -0.05) is 0 Å². The summed E-state index contributed by atoms with van der Waals surface area (Å²) < 4.78 is 0. The summed E-state index contributed by atoms with van der Waals surface area (Å²) in [5, 5.41) is 5.55. The highest BCUT2D eigenvalue weighted by atomic mass is 32.1. The van der Waals surface area contributed by atoms with Gasteiger partial charge in [0.15, 0.2) is 0 Å². The lowest BCUT2D eigenvalue weighted by Gasteiger charge is -1.98. The lowest BCUT2D eigenvalue weighted by atomic mass is 10.3. The molecule has 0 aromatic carbocycles. The standard InChI is InChI=1S/C9H8N2S2/c1-3-10-7-2-4-12-8(7)9-6(1)11-5-13-9/h2,4-5,10H,1,3H2. The molecule has 2 aromatic rings. The van der Waals surface area contributed by atoms with Crippen LogP contribution in [0, 0.1) is 0 Å². The predicted molar refractivity (Wildman–Crippen MR) is 57.6 cm³/mol. The Hall–Kier alpha value is -0.870. The molecule has 13 heavy (non-hydrogen) atoms. The Labute approximate surface area is 84.3 Å². The maximum Gasteiger partial charge on any atom is 0.0801 e. The number of anilines is 1. The molecular formula is C9H8N2S2. The number of rotatable bonds is 0. The highest BCUT2D eigenvalue weighted by molar-refractivity contribution is 7.20. The van der Waals surface area contributed by atoms with Crippen molar-refractivity contribution in [3.8, 4) is 9.75 Å². The first-order valence-corrected chi connectivity index (χ1v) is 5.95. The Kier molecular flexibility index (Phi) is 1.63. The van der Waals surface area contributed by atoms with Crippen molar-refractivity contribution >= 4 is 28.4 Å². The molecule has 0 atom stereocenters. The molecule has 1 aliphatic heterocycles. The Morgan fingerprint density at radius 3 is 3.31 bits per heavy atom. The van der Waals surface area contributed by atoms with Crippen LogP contribution in [0.3, 0.4) is 0 Å². The zero-order valence-corrected chi connectivity index (χ0v) is 8.54. The number of thiophene rings is 1. The van der Waals surface area contributed by atoms with E-state index in [1.807, 2.05) is 5.51 Å². The molecule has 3 heterocycles. The molecule has 0 amide bonds. The molecule has 0 unspecified atom stereocenters. The summed E-state index contributed by atoms with van der Waals surface area (Å²) in [6.45, 7) is 1.00. The first-order valence-electron chi connectivity index (χ1n) is 4.19. The van der Waals surface area contributed by atoms with Crippen molar-refractivity contribution in [2.45, 2.75) is 6.42 Å². The van der Waals surface area contributed by atoms with E-state index in [0.717, 1.165) is 13.0 Å². The summed E-state index contributed by atoms with van der Waals surface area (Å²) in [4.78, 5) is 7.09. The molecular weight excluding hydrogens is 200 g/mol. The van der Waals surface area contributed by atoms with E-state index in [1.165, 1.54) is 21.1 Å². The van der Waals surface area contributed by atoms with Crippen molar-refractivity contribution in [2.24, 2.45) is 0 Å². The second-order valence-electron chi connectivity index (χ2n) is 2.97. The van der Waals surface area contributed by atoms with E-state index >= 15 is 0 Å². The van der Waals surface area contributed by atoms with Crippen LogP contribution in [0.15, 0.2) is 17.0 Å². The zero-order valence-electron chi connectivity index (χ0n) is 6.91. The normalized spacial score (nSPS) is 14.2. The molecule has 0 saturated carbocycles. The van der Waals surface area contributed by atoms with Crippen molar-refractivity contribution in [3.63, 3.8) is 0 Å². The van der Waals surface area contributed by atoms with E-state index in [4.69, 9.17) is 0 Å². The minimum Gasteiger partial charge on any atom is -0.383 e. The van der Waals surface area contributed by atoms with Gasteiger partial charge in [-0.25, -0.2) is 4.98 Å². The minimum atomic E-state index is 1.00. The second-order valence-corrected chi connectivity index (χ2v) is 4.74. The summed E-state index contributed by atoms with van der Waals surface area (Å²) in [6, 6.07) is 2.15. The molecule has 0 fully saturated rings. The third-order valence-electron chi connectivity index (χ3n) is 2.19. The summed E-state index contributed by atoms with van der Waals surface area (Å²) in [7, 11) is 0. The summed E-state index contributed by atoms with van der Waals surface area (Å²) in [6.07, 6.45) is 1.04. The van der Waals surface area contributed by atoms with E-state index in [2.05, 4.69) is 21.7 Å². The first kappa shape index (κ1) is 7.53. The Bertz CT molecular complexity index is 390. The number of fused-ring (bicyclic) bond motifs is 3. The number of aromatic nitrogens is 1. The largest absolute Gasteiger partial charge is 0.383 e. The lowest BCUT2D eigenvalue weighted by Crippen LogP contribution is -2.01. The molecule has 66 valence electrons. The fraction of sp³-hybridized carbons (Fsp3) is 0.222. The van der Waals surface area contributed by atoms with Crippen LogP contribution in [0.25, 0.3) is 9.75 Å². The number of hydrogen-bond donors (Lipinski definition) is 1. The summed E-state index contributed by atoms with van der Waals surface area (Å²) >= 11 is 3.54. The monoisotopic (exact) mass is 208 g/mol. The molecule has 2 nitrogen and oxygen atoms in total. The van der Waals surface area contributed by atoms with Gasteiger partial charge in [0.05, 0.1) is 26.6 Å². The van der Waals surface area contributed by atoms with Gasteiger partial charge in [0, 0.05) is 13.0 Å². The fourth-order valence-corrected chi connectivity index (χ4v) is 3.49. The Morgan fingerprint density at radius 2 is 2.31 bits per heavy atom. The first-order chi connectivity index (χ1) is 6.45. The van der Waals surface area contributed by atoms with Gasteiger partial charge in [-0.2, -0.15) is 0 Å². The van der Waals surface area contributed by atoms with Gasteiger partial charge in [-0.3, -0.25) is 0 Å². The van der Waals surface area contributed by atoms with Gasteiger partial charge in [0.2, 0.25) is 0 Å². The number of nitrogens with zero attached hydrogens (tertiary/aromatic N) is 1. The van der Waals surface area contributed by atoms with Crippen molar-refractivity contribution in [1.29, 1.82) is 0 Å². The van der Waals surface area contributed by atoms with Crippen LogP contribution in [-0.4, -0.2) is 11.5 Å². The topological polar surface area (TPSA) is 24.9 Å². The average Bonchev–Trinajstić information content (AvgIpc) is 2.72. The maximum absolute atomic E-state index is 4.38. The second kappa shape index (κ2) is 2.82. The molecule has 2 aromatic heterocycles. The van der Waals surface area contributed by atoms with Crippen molar-refractivity contribution in [3.05, 3.63) is 22.7 Å². The molecule has 1 N–H and O–H groups in total. The molecule has 1 aliphatic rings. The molecule has 0 spiro atoms. The highest BCUT2D eigenvalue weighted by Crippen LogP contribution is 2.39. The summed E-state index contributed by atoms with van der Waals surface area (Å²) in [5.41, 5.74) is 4.46. The predicted octanol–water partition coefficient (Wildman–Crippen LogP) is 2.84. The molecule has 0 saturated heterocycles. The molecule has 0 aliphatic carbocycles. The van der Waals surface area contributed by atoms with Crippen molar-refractivity contribution in [1.82, 2.24) is 4.98 Å². The molecule has 3 rings (SSSR count). The van der Waals surface area contributed by atoms with E-state index in [-0.39, 0.29) is 0 Å². The third kappa shape index (κ3) is 1.09. The maximum atomic E-state index is 4.38. The molecule has 0 bridgehead atoms. The number of hydrogen-bond acceptors (Lipinski definition) is 4. The van der Waals surface area contributed by atoms with Crippen LogP contribution in [0.2, 0.25) is 0 Å². The fourth-order valence-electron chi connectivity index (χ4n) is 1.57. The van der Waals surface area contributed by atoms with Crippen molar-refractivity contribution in [2.75, 3.05) is 11.9 Å². The van der Waals surface area contributed by atoms with Crippen LogP contribution >= 0.6 is 22.7 Å². The van der Waals surface area contributed by atoms with E-state index in [9.17, 15) is 0 Å². The van der Waals surface area contributed by atoms with E-state index in [1.54, 1.807) is 22.7 Å². The Balaban J connectivity index is 2.27. The quantitative estimate of drug-likeness (QED) is 0.720. The summed E-state index contributed by atoms with van der Waals surface area (Å²) in [5.74, 6) is 0. The average molecular weight is 208 g/mol. The smallest absolute Gasteiger partial charge is 0.0801 e. The van der Waals surface area contributed by atoms with Crippen molar-refractivity contribution < 1.29 is 0 Å². The SMILES string of the molecule is c1cc2c(s1)-c1scnc1CCN2. The van der Waals surface area contributed by atoms with E-state index < -0.39 is 0 Å². The number of nitrogens with one attached hydrogen (secondary N) is 1. The number of thiazole rings is 1. The minimum absolute atomic E-state index is 1.00.